The van der Waals surface area contributed by atoms with Crippen LogP contribution in [0.15, 0.2) is 24.3 Å². The molecule has 0 saturated heterocycles. The lowest BCUT2D eigenvalue weighted by molar-refractivity contribution is 0.0844. The van der Waals surface area contributed by atoms with E-state index in [1.807, 2.05) is 0 Å². The minimum atomic E-state index is -0.552. The van der Waals surface area contributed by atoms with Gasteiger partial charge in [-0.25, -0.2) is 4.39 Å². The molecule has 1 aromatic carbocycles. The molecule has 17 heavy (non-hydrogen) atoms. The summed E-state index contributed by atoms with van der Waals surface area (Å²) in [5, 5.41) is 10.1. The van der Waals surface area contributed by atoms with E-state index in [4.69, 9.17) is 5.73 Å². The molecule has 2 atom stereocenters. The highest BCUT2D eigenvalue weighted by Crippen LogP contribution is 2.32. The highest BCUT2D eigenvalue weighted by Gasteiger charge is 2.28. The maximum atomic E-state index is 13.0. The van der Waals surface area contributed by atoms with Gasteiger partial charge in [0.1, 0.15) is 5.82 Å². The average molecular weight is 260 g/mol. The van der Waals surface area contributed by atoms with Crippen LogP contribution in [-0.4, -0.2) is 11.2 Å². The number of rotatable bonds is 3. The predicted molar refractivity (Wildman–Crippen MR) is 68.5 cm³/mol. The van der Waals surface area contributed by atoms with Gasteiger partial charge in [0.25, 0.3) is 0 Å². The Morgan fingerprint density at radius 3 is 2.53 bits per heavy atom. The van der Waals surface area contributed by atoms with Crippen molar-refractivity contribution in [2.75, 3.05) is 0 Å². The third-order valence-corrected chi connectivity index (χ3v) is 3.48. The van der Waals surface area contributed by atoms with Gasteiger partial charge in [0.2, 0.25) is 0 Å². The van der Waals surface area contributed by atoms with Gasteiger partial charge in [0, 0.05) is 0 Å². The molecule has 4 heteroatoms. The van der Waals surface area contributed by atoms with Gasteiger partial charge in [0.15, 0.2) is 0 Å². The van der Waals surface area contributed by atoms with Crippen LogP contribution in [0.5, 0.6) is 0 Å². The van der Waals surface area contributed by atoms with Crippen LogP contribution >= 0.6 is 12.4 Å². The zero-order valence-corrected chi connectivity index (χ0v) is 10.5. The Balaban J connectivity index is 0.00000144. The summed E-state index contributed by atoms with van der Waals surface area (Å²) >= 11 is 0. The fraction of sp³-hybridized carbons (Fsp3) is 0.538. The van der Waals surface area contributed by atoms with Crippen LogP contribution < -0.4 is 5.73 Å². The fourth-order valence-electron chi connectivity index (χ4n) is 2.50. The Labute approximate surface area is 107 Å². The molecule has 96 valence electrons. The zero-order chi connectivity index (χ0) is 11.5. The topological polar surface area (TPSA) is 46.2 Å². The van der Waals surface area contributed by atoms with Crippen LogP contribution in [0.1, 0.15) is 37.3 Å². The van der Waals surface area contributed by atoms with Crippen molar-refractivity contribution in [2.45, 2.75) is 37.8 Å². The summed E-state index contributed by atoms with van der Waals surface area (Å²) < 4.78 is 13.0. The van der Waals surface area contributed by atoms with Crippen molar-refractivity contribution in [1.29, 1.82) is 0 Å². The first-order valence-electron chi connectivity index (χ1n) is 5.87. The van der Waals surface area contributed by atoms with Gasteiger partial charge in [-0.15, -0.1) is 12.4 Å². The number of aliphatic hydroxyl groups excluding tert-OH is 1. The summed E-state index contributed by atoms with van der Waals surface area (Å²) in [7, 11) is 0. The van der Waals surface area contributed by atoms with Crippen LogP contribution in [0.3, 0.4) is 0 Å². The van der Waals surface area contributed by atoms with E-state index in [2.05, 4.69) is 0 Å². The Kier molecular flexibility index (Phi) is 5.37. The molecule has 1 fully saturated rings. The maximum absolute atomic E-state index is 13.0. The molecule has 1 aliphatic carbocycles. The summed E-state index contributed by atoms with van der Waals surface area (Å²) in [6, 6.07) is 5.72. The highest BCUT2D eigenvalue weighted by atomic mass is 35.5. The van der Waals surface area contributed by atoms with Gasteiger partial charge in [0.05, 0.1) is 12.1 Å². The molecule has 0 aliphatic heterocycles. The molecule has 0 unspecified atom stereocenters. The van der Waals surface area contributed by atoms with E-state index in [1.165, 1.54) is 12.1 Å². The van der Waals surface area contributed by atoms with Crippen molar-refractivity contribution in [2.24, 2.45) is 11.7 Å². The lowest BCUT2D eigenvalue weighted by atomic mass is 9.91. The van der Waals surface area contributed by atoms with Gasteiger partial charge in [-0.3, -0.25) is 0 Å². The molecule has 0 amide bonds. The summed E-state index contributed by atoms with van der Waals surface area (Å²) in [5.41, 5.74) is 6.65. The second-order valence-electron chi connectivity index (χ2n) is 4.62. The van der Waals surface area contributed by atoms with Crippen molar-refractivity contribution in [3.05, 3.63) is 35.6 Å². The van der Waals surface area contributed by atoms with Gasteiger partial charge in [-0.05, 0) is 36.5 Å². The van der Waals surface area contributed by atoms with E-state index < -0.39 is 12.1 Å². The van der Waals surface area contributed by atoms with Crippen molar-refractivity contribution in [3.8, 4) is 0 Å². The molecule has 3 N–H and O–H groups in total. The van der Waals surface area contributed by atoms with Crippen molar-refractivity contribution < 1.29 is 9.50 Å². The summed E-state index contributed by atoms with van der Waals surface area (Å²) in [6.07, 6.45) is 3.84. The van der Waals surface area contributed by atoms with Gasteiger partial charge in [-0.2, -0.15) is 0 Å². The molecule has 1 aromatic rings. The number of benzene rings is 1. The zero-order valence-electron chi connectivity index (χ0n) is 9.68. The first kappa shape index (κ1) is 14.4. The third kappa shape index (κ3) is 3.41. The van der Waals surface area contributed by atoms with Crippen molar-refractivity contribution in [3.63, 3.8) is 0 Å². The first-order chi connectivity index (χ1) is 7.68. The number of hydrogen-bond donors (Lipinski definition) is 2. The standard InChI is InChI=1S/C13H18FNO.ClH/c14-11-7-3-6-10(8-11)12(15)13(16)9-4-1-2-5-9;/h3,6-9,12-13,16H,1-2,4-5,15H2;1H/t12-,13+;/m1./s1. The lowest BCUT2D eigenvalue weighted by Crippen LogP contribution is -2.31. The molecular weight excluding hydrogens is 241 g/mol. The third-order valence-electron chi connectivity index (χ3n) is 3.48. The largest absolute Gasteiger partial charge is 0.391 e. The quantitative estimate of drug-likeness (QED) is 0.877. The summed E-state index contributed by atoms with van der Waals surface area (Å²) in [6.45, 7) is 0. The van der Waals surface area contributed by atoms with Gasteiger partial charge >= 0.3 is 0 Å². The lowest BCUT2D eigenvalue weighted by Gasteiger charge is -2.24. The van der Waals surface area contributed by atoms with Crippen LogP contribution in [0.2, 0.25) is 0 Å². The van der Waals surface area contributed by atoms with E-state index in [0.717, 1.165) is 25.7 Å². The maximum Gasteiger partial charge on any atom is 0.123 e. The Hall–Kier alpha value is -0.640. The normalized spacial score (nSPS) is 19.7. The smallest absolute Gasteiger partial charge is 0.123 e. The highest BCUT2D eigenvalue weighted by molar-refractivity contribution is 5.85. The van der Waals surface area contributed by atoms with Crippen molar-refractivity contribution >= 4 is 12.4 Å². The van der Waals surface area contributed by atoms with Crippen LogP contribution in [0.25, 0.3) is 0 Å². The van der Waals surface area contributed by atoms with E-state index in [0.29, 0.717) is 5.56 Å². The van der Waals surface area contributed by atoms with Crippen LogP contribution in [-0.2, 0) is 0 Å². The Morgan fingerprint density at radius 1 is 1.29 bits per heavy atom. The van der Waals surface area contributed by atoms with E-state index in [-0.39, 0.29) is 24.1 Å². The van der Waals surface area contributed by atoms with E-state index in [1.54, 1.807) is 12.1 Å². The minimum absolute atomic E-state index is 0. The Bertz CT molecular complexity index is 355. The summed E-state index contributed by atoms with van der Waals surface area (Å²) in [4.78, 5) is 0. The molecule has 0 bridgehead atoms. The van der Waals surface area contributed by atoms with Crippen molar-refractivity contribution in [1.82, 2.24) is 0 Å². The molecule has 1 aliphatic rings. The number of hydrogen-bond acceptors (Lipinski definition) is 2. The molecule has 2 rings (SSSR count). The molecule has 0 radical (unpaired) electrons. The number of nitrogens with two attached hydrogens (primary N) is 1. The molecule has 0 spiro atoms. The minimum Gasteiger partial charge on any atom is -0.391 e. The summed E-state index contributed by atoms with van der Waals surface area (Å²) in [5.74, 6) is -0.0233. The Morgan fingerprint density at radius 2 is 1.94 bits per heavy atom. The van der Waals surface area contributed by atoms with E-state index in [9.17, 15) is 9.50 Å². The number of halogens is 2. The van der Waals surface area contributed by atoms with Crippen LogP contribution in [0.4, 0.5) is 4.39 Å². The predicted octanol–water partition coefficient (Wildman–Crippen LogP) is 2.80. The fourth-order valence-corrected chi connectivity index (χ4v) is 2.50. The first-order valence-corrected chi connectivity index (χ1v) is 5.87. The molecule has 1 saturated carbocycles. The van der Waals surface area contributed by atoms with Gasteiger partial charge < -0.3 is 10.8 Å². The average Bonchev–Trinajstić information content (AvgIpc) is 2.80. The van der Waals surface area contributed by atoms with Gasteiger partial charge in [-0.1, -0.05) is 25.0 Å². The number of aliphatic hydroxyl groups is 1. The SMILES string of the molecule is Cl.N[C@H](c1cccc(F)c1)[C@@H](O)C1CCCC1. The molecule has 0 heterocycles. The second-order valence-corrected chi connectivity index (χ2v) is 4.62. The second kappa shape index (κ2) is 6.34. The molecular formula is C13H19ClFNO. The molecule has 2 nitrogen and oxygen atoms in total. The van der Waals surface area contributed by atoms with Crippen LogP contribution in [0, 0.1) is 11.7 Å². The van der Waals surface area contributed by atoms with E-state index >= 15 is 0 Å². The monoisotopic (exact) mass is 259 g/mol. The molecule has 0 aromatic heterocycles.